The predicted octanol–water partition coefficient (Wildman–Crippen LogP) is 3.94. The van der Waals surface area contributed by atoms with E-state index in [-0.39, 0.29) is 29.7 Å². The van der Waals surface area contributed by atoms with E-state index in [9.17, 15) is 9.18 Å². The fourth-order valence-corrected chi connectivity index (χ4v) is 3.58. The van der Waals surface area contributed by atoms with Gasteiger partial charge in [-0.05, 0) is 47.7 Å². The smallest absolute Gasteiger partial charge is 0.177 e. The zero-order valence-corrected chi connectivity index (χ0v) is 17.5. The highest BCUT2D eigenvalue weighted by atomic mass is 127. The number of hydroxylamine groups is 1. The van der Waals surface area contributed by atoms with Crippen molar-refractivity contribution >= 4 is 51.5 Å². The number of hydrogen-bond acceptors (Lipinski definition) is 5. The number of nitrogens with zero attached hydrogens (tertiary/aromatic N) is 1. The number of rotatable bonds is 8. The van der Waals surface area contributed by atoms with E-state index in [1.165, 1.54) is 13.0 Å². The van der Waals surface area contributed by atoms with Crippen LogP contribution in [0.5, 0.6) is 0 Å². The number of ketones is 1. The van der Waals surface area contributed by atoms with Crippen LogP contribution in [-0.2, 0) is 11.9 Å². The molecular weight excluding hydrogens is 476 g/mol. The van der Waals surface area contributed by atoms with Gasteiger partial charge in [-0.25, -0.2) is 4.39 Å². The predicted molar refractivity (Wildman–Crippen MR) is 107 cm³/mol. The lowest BCUT2D eigenvalue weighted by Crippen LogP contribution is -2.21. The van der Waals surface area contributed by atoms with E-state index >= 15 is 0 Å². The van der Waals surface area contributed by atoms with Crippen molar-refractivity contribution in [2.75, 3.05) is 18.5 Å². The van der Waals surface area contributed by atoms with Crippen LogP contribution in [0.1, 0.15) is 35.9 Å². The van der Waals surface area contributed by atoms with Gasteiger partial charge in [-0.3, -0.25) is 9.63 Å². The maximum atomic E-state index is 14.3. The Labute approximate surface area is 169 Å². The number of aliphatic hydroxyl groups excluding tert-OH is 1. The van der Waals surface area contributed by atoms with Crippen molar-refractivity contribution < 1.29 is 19.1 Å². The quantitative estimate of drug-likeness (QED) is 0.224. The molecule has 142 valence electrons. The molecule has 0 bridgehead atoms. The number of anilines is 2. The molecule has 26 heavy (non-hydrogen) atoms. The summed E-state index contributed by atoms with van der Waals surface area (Å²) in [5.74, 6) is -0.145. The van der Waals surface area contributed by atoms with Crippen LogP contribution in [0.15, 0.2) is 18.2 Å². The summed E-state index contributed by atoms with van der Waals surface area (Å²) in [6, 6.07) is 4.39. The van der Waals surface area contributed by atoms with Crippen molar-refractivity contribution in [2.45, 2.75) is 19.9 Å². The van der Waals surface area contributed by atoms with E-state index < -0.39 is 11.9 Å². The molecule has 0 amide bonds. The Balaban J connectivity index is 2.48. The van der Waals surface area contributed by atoms with Gasteiger partial charge in [0.2, 0.25) is 0 Å². The van der Waals surface area contributed by atoms with Crippen molar-refractivity contribution in [3.8, 4) is 0 Å². The van der Waals surface area contributed by atoms with Gasteiger partial charge >= 0.3 is 0 Å². The summed E-state index contributed by atoms with van der Waals surface area (Å²) >= 11 is 8.48. The summed E-state index contributed by atoms with van der Waals surface area (Å²) in [6.07, 6.45) is 0. The lowest BCUT2D eigenvalue weighted by molar-refractivity contribution is -0.000286. The van der Waals surface area contributed by atoms with Crippen LogP contribution in [0.2, 0.25) is 5.02 Å². The Morgan fingerprint density at radius 1 is 1.50 bits per heavy atom. The van der Waals surface area contributed by atoms with Crippen LogP contribution in [0.3, 0.4) is 0 Å². The number of aliphatic hydroxyl groups is 1. The number of halogens is 3. The lowest BCUT2D eigenvalue weighted by atomic mass is 10.1. The molecule has 2 rings (SSSR count). The number of carbonyl (C=O) groups is 1. The van der Waals surface area contributed by atoms with Gasteiger partial charge in [0.1, 0.15) is 17.3 Å². The molecular formula is C17H20ClFIN3O3. The SMILES string of the molecule is CC(=O)c1c(Cl)c(C(C)NOCCO)c(Nc2ccc(I)cc2F)n1C. The molecule has 1 heterocycles. The van der Waals surface area contributed by atoms with Crippen LogP contribution in [-0.4, -0.2) is 28.7 Å². The second-order valence-corrected chi connectivity index (χ2v) is 7.32. The summed E-state index contributed by atoms with van der Waals surface area (Å²) in [5, 5.41) is 12.1. The summed E-state index contributed by atoms with van der Waals surface area (Å²) in [4.78, 5) is 17.2. The van der Waals surface area contributed by atoms with E-state index in [0.717, 1.165) is 3.57 Å². The number of nitrogens with one attached hydrogen (secondary N) is 2. The molecule has 0 fully saturated rings. The monoisotopic (exact) mass is 495 g/mol. The largest absolute Gasteiger partial charge is 0.394 e. The summed E-state index contributed by atoms with van der Waals surface area (Å²) in [7, 11) is 1.68. The lowest BCUT2D eigenvalue weighted by Gasteiger charge is -2.17. The number of hydrogen-bond donors (Lipinski definition) is 3. The number of benzene rings is 1. The average Bonchev–Trinajstić information content (AvgIpc) is 2.80. The molecule has 0 radical (unpaired) electrons. The van der Waals surface area contributed by atoms with Crippen molar-refractivity contribution in [3.63, 3.8) is 0 Å². The van der Waals surface area contributed by atoms with Crippen LogP contribution in [0, 0.1) is 9.39 Å². The van der Waals surface area contributed by atoms with Gasteiger partial charge in [0, 0.05) is 23.1 Å². The maximum Gasteiger partial charge on any atom is 0.177 e. The topological polar surface area (TPSA) is 75.5 Å². The van der Waals surface area contributed by atoms with Crippen molar-refractivity contribution in [3.05, 3.63) is 43.9 Å². The van der Waals surface area contributed by atoms with Crippen LogP contribution in [0.4, 0.5) is 15.9 Å². The molecule has 9 heteroatoms. The molecule has 1 aromatic heterocycles. The third-order valence-electron chi connectivity index (χ3n) is 3.77. The van der Waals surface area contributed by atoms with E-state index in [0.29, 0.717) is 17.1 Å². The van der Waals surface area contributed by atoms with E-state index in [1.54, 1.807) is 30.7 Å². The highest BCUT2D eigenvalue weighted by Crippen LogP contribution is 2.38. The first-order valence-electron chi connectivity index (χ1n) is 7.87. The van der Waals surface area contributed by atoms with Gasteiger partial charge in [0.05, 0.1) is 30.0 Å². The first kappa shape index (κ1) is 21.1. The molecule has 2 aromatic rings. The Kier molecular flexibility index (Phi) is 7.42. The third-order valence-corrected chi connectivity index (χ3v) is 4.83. The summed E-state index contributed by atoms with van der Waals surface area (Å²) in [6.45, 7) is 3.17. The number of Topliss-reactive ketones (excluding diaryl/α,β-unsaturated/α-hetero) is 1. The Bertz CT molecular complexity index is 813. The first-order chi connectivity index (χ1) is 12.3. The Morgan fingerprint density at radius 2 is 2.19 bits per heavy atom. The standard InChI is InChI=1S/C17H20ClFIN3O3/c1-9(22-26-7-6-24)14-15(18)16(10(2)25)23(3)17(14)21-13-5-4-11(20)8-12(13)19/h4-5,8-9,21-22,24H,6-7H2,1-3H3. The molecule has 0 aliphatic carbocycles. The minimum atomic E-state index is -0.415. The van der Waals surface area contributed by atoms with Gasteiger partial charge in [-0.1, -0.05) is 11.6 Å². The van der Waals surface area contributed by atoms with E-state index in [4.69, 9.17) is 21.5 Å². The second-order valence-electron chi connectivity index (χ2n) is 5.70. The minimum absolute atomic E-state index is 0.100. The molecule has 1 aromatic carbocycles. The van der Waals surface area contributed by atoms with Crippen molar-refractivity contribution in [2.24, 2.45) is 7.05 Å². The zero-order valence-electron chi connectivity index (χ0n) is 14.6. The van der Waals surface area contributed by atoms with E-state index in [1.807, 2.05) is 22.6 Å². The zero-order chi connectivity index (χ0) is 19.4. The van der Waals surface area contributed by atoms with Crippen molar-refractivity contribution in [1.82, 2.24) is 10.0 Å². The fourth-order valence-electron chi connectivity index (χ4n) is 2.62. The molecule has 0 saturated heterocycles. The van der Waals surface area contributed by atoms with Crippen molar-refractivity contribution in [1.29, 1.82) is 0 Å². The fraction of sp³-hybridized carbons (Fsp3) is 0.353. The number of aromatic nitrogens is 1. The van der Waals surface area contributed by atoms with E-state index in [2.05, 4.69) is 10.8 Å². The van der Waals surface area contributed by atoms with Gasteiger partial charge in [-0.15, -0.1) is 0 Å². The minimum Gasteiger partial charge on any atom is -0.394 e. The van der Waals surface area contributed by atoms with Crippen LogP contribution < -0.4 is 10.8 Å². The first-order valence-corrected chi connectivity index (χ1v) is 9.32. The molecule has 0 aliphatic rings. The highest BCUT2D eigenvalue weighted by molar-refractivity contribution is 14.1. The average molecular weight is 496 g/mol. The molecule has 6 nitrogen and oxygen atoms in total. The van der Waals surface area contributed by atoms with Gasteiger partial charge < -0.3 is 15.0 Å². The molecule has 0 spiro atoms. The highest BCUT2D eigenvalue weighted by Gasteiger charge is 2.26. The number of carbonyl (C=O) groups excluding carboxylic acids is 1. The molecule has 3 N–H and O–H groups in total. The molecule has 0 saturated carbocycles. The Morgan fingerprint density at radius 3 is 2.77 bits per heavy atom. The molecule has 1 atom stereocenters. The maximum absolute atomic E-state index is 14.3. The van der Waals surface area contributed by atoms with Gasteiger partial charge in [0.25, 0.3) is 0 Å². The van der Waals surface area contributed by atoms with Crippen LogP contribution >= 0.6 is 34.2 Å². The van der Waals surface area contributed by atoms with Gasteiger partial charge in [-0.2, -0.15) is 5.48 Å². The normalized spacial score (nSPS) is 12.3. The second kappa shape index (κ2) is 9.14. The molecule has 0 aliphatic heterocycles. The summed E-state index contributed by atoms with van der Waals surface area (Å²) in [5.41, 5.74) is 3.91. The van der Waals surface area contributed by atoms with Gasteiger partial charge in [0.15, 0.2) is 5.78 Å². The Hall–Kier alpha value is -1.20. The molecule has 1 unspecified atom stereocenters. The summed E-state index contributed by atoms with van der Waals surface area (Å²) < 4.78 is 16.6. The van der Waals surface area contributed by atoms with Crippen LogP contribution in [0.25, 0.3) is 0 Å². The third kappa shape index (κ3) is 4.55.